The third-order valence-electron chi connectivity index (χ3n) is 2.38. The van der Waals surface area contributed by atoms with Gasteiger partial charge in [0.2, 0.25) is 0 Å². The Hall–Kier alpha value is -0.330. The van der Waals surface area contributed by atoms with Gasteiger partial charge >= 0.3 is 0 Å². The van der Waals surface area contributed by atoms with E-state index in [1.54, 1.807) is 0 Å². The first kappa shape index (κ1) is 14.7. The minimum absolute atomic E-state index is 0.345. The largest absolute Gasteiger partial charge is 0.297 e. The van der Waals surface area contributed by atoms with E-state index in [9.17, 15) is 0 Å². The lowest BCUT2D eigenvalue weighted by molar-refractivity contribution is 0.430. The summed E-state index contributed by atoms with van der Waals surface area (Å²) in [5.41, 5.74) is 0.345. The summed E-state index contributed by atoms with van der Waals surface area (Å²) in [6.45, 7) is 9.92. The van der Waals surface area contributed by atoms with Gasteiger partial charge in [-0.15, -0.1) is 0 Å². The van der Waals surface area contributed by atoms with Crippen molar-refractivity contribution in [3.8, 4) is 0 Å². The summed E-state index contributed by atoms with van der Waals surface area (Å²) in [6.07, 6.45) is 11.5. The van der Waals surface area contributed by atoms with E-state index in [-0.39, 0.29) is 0 Å². The zero-order chi connectivity index (χ0) is 11.6. The van der Waals surface area contributed by atoms with Crippen molar-refractivity contribution in [3.63, 3.8) is 0 Å². The third-order valence-corrected chi connectivity index (χ3v) is 2.38. The molecule has 90 valence electrons. The second kappa shape index (κ2) is 8.94. The van der Waals surface area contributed by atoms with Crippen molar-refractivity contribution >= 4 is 6.21 Å². The van der Waals surface area contributed by atoms with Crippen molar-refractivity contribution in [2.75, 3.05) is 6.54 Å². The lowest BCUT2D eigenvalue weighted by atomic mass is 9.97. The molecule has 0 saturated carbocycles. The van der Waals surface area contributed by atoms with Crippen LogP contribution < -0.4 is 0 Å². The summed E-state index contributed by atoms with van der Waals surface area (Å²) < 4.78 is 0. The molecule has 0 saturated heterocycles. The lowest BCUT2D eigenvalue weighted by Gasteiger charge is -2.13. The molecule has 0 spiro atoms. The van der Waals surface area contributed by atoms with Crippen LogP contribution in [-0.4, -0.2) is 12.8 Å². The van der Waals surface area contributed by atoms with Gasteiger partial charge in [0.25, 0.3) is 0 Å². The van der Waals surface area contributed by atoms with Crippen molar-refractivity contribution < 1.29 is 0 Å². The Bertz CT molecular complexity index is 153. The van der Waals surface area contributed by atoms with Gasteiger partial charge in [0.05, 0.1) is 0 Å². The van der Waals surface area contributed by atoms with E-state index in [1.165, 1.54) is 44.9 Å². The summed E-state index contributed by atoms with van der Waals surface area (Å²) in [5.74, 6) is 0. The fourth-order valence-electron chi connectivity index (χ4n) is 1.45. The first-order chi connectivity index (χ1) is 7.06. The minimum Gasteiger partial charge on any atom is -0.297 e. The number of nitrogens with zero attached hydrogens (tertiary/aromatic N) is 1. The molecule has 0 fully saturated rings. The van der Waals surface area contributed by atoms with E-state index in [0.717, 1.165) is 6.54 Å². The summed E-state index contributed by atoms with van der Waals surface area (Å²) in [4.78, 5) is 4.45. The normalized spacial score (nSPS) is 12.5. The highest BCUT2D eigenvalue weighted by Crippen LogP contribution is 2.12. The standard InChI is InChI=1S/C14H29N/c1-5-6-7-8-9-10-11-12-15-13-14(2,3)4/h12H,5-11,13H2,1-4H3. The van der Waals surface area contributed by atoms with E-state index in [1.807, 2.05) is 0 Å². The Morgan fingerprint density at radius 2 is 1.53 bits per heavy atom. The number of aliphatic imine (C=N–C) groups is 1. The van der Waals surface area contributed by atoms with Gasteiger partial charge in [-0.2, -0.15) is 0 Å². The van der Waals surface area contributed by atoms with Crippen LogP contribution in [-0.2, 0) is 0 Å². The van der Waals surface area contributed by atoms with Gasteiger partial charge in [-0.3, -0.25) is 4.99 Å². The van der Waals surface area contributed by atoms with Gasteiger partial charge in [0, 0.05) is 6.54 Å². The van der Waals surface area contributed by atoms with E-state index >= 15 is 0 Å². The molecule has 1 nitrogen and oxygen atoms in total. The quantitative estimate of drug-likeness (QED) is 0.402. The molecule has 0 aromatic heterocycles. The Morgan fingerprint density at radius 1 is 0.933 bits per heavy atom. The lowest BCUT2D eigenvalue weighted by Crippen LogP contribution is -2.09. The first-order valence-electron chi connectivity index (χ1n) is 6.54. The number of hydrogen-bond donors (Lipinski definition) is 0. The molecule has 0 heterocycles. The molecule has 15 heavy (non-hydrogen) atoms. The Balaban J connectivity index is 3.17. The molecule has 1 heteroatoms. The summed E-state index contributed by atoms with van der Waals surface area (Å²) in [5, 5.41) is 0. The van der Waals surface area contributed by atoms with Crippen molar-refractivity contribution in [1.82, 2.24) is 0 Å². The van der Waals surface area contributed by atoms with Crippen molar-refractivity contribution in [2.24, 2.45) is 10.4 Å². The second-order valence-corrected chi connectivity index (χ2v) is 5.64. The van der Waals surface area contributed by atoms with Gasteiger partial charge in [0.15, 0.2) is 0 Å². The fraction of sp³-hybridized carbons (Fsp3) is 0.929. The van der Waals surface area contributed by atoms with Crippen LogP contribution in [0.4, 0.5) is 0 Å². The zero-order valence-corrected chi connectivity index (χ0v) is 11.2. The van der Waals surface area contributed by atoms with Crippen molar-refractivity contribution in [2.45, 2.75) is 72.6 Å². The molecule has 0 atom stereocenters. The highest BCUT2D eigenvalue weighted by Gasteiger charge is 2.06. The van der Waals surface area contributed by atoms with Gasteiger partial charge in [-0.05, 0) is 24.5 Å². The Kier molecular flexibility index (Phi) is 8.74. The van der Waals surface area contributed by atoms with Crippen LogP contribution >= 0.6 is 0 Å². The van der Waals surface area contributed by atoms with Crippen LogP contribution in [0, 0.1) is 5.41 Å². The molecule has 0 unspecified atom stereocenters. The summed E-state index contributed by atoms with van der Waals surface area (Å²) in [7, 11) is 0. The average Bonchev–Trinajstić information content (AvgIpc) is 2.14. The van der Waals surface area contributed by atoms with Crippen LogP contribution in [0.1, 0.15) is 72.6 Å². The van der Waals surface area contributed by atoms with Gasteiger partial charge in [-0.25, -0.2) is 0 Å². The molecule has 0 radical (unpaired) electrons. The van der Waals surface area contributed by atoms with Gasteiger partial charge in [0.1, 0.15) is 0 Å². The maximum Gasteiger partial charge on any atom is 0.0433 e. The van der Waals surface area contributed by atoms with Crippen LogP contribution in [0.25, 0.3) is 0 Å². The molecule has 0 aromatic carbocycles. The molecule has 0 rings (SSSR count). The fourth-order valence-corrected chi connectivity index (χ4v) is 1.45. The van der Waals surface area contributed by atoms with Crippen LogP contribution in [0.15, 0.2) is 4.99 Å². The van der Waals surface area contributed by atoms with E-state index in [0.29, 0.717) is 5.41 Å². The molecule has 0 bridgehead atoms. The second-order valence-electron chi connectivity index (χ2n) is 5.64. The molecule has 0 aliphatic heterocycles. The van der Waals surface area contributed by atoms with E-state index in [4.69, 9.17) is 0 Å². The number of unbranched alkanes of at least 4 members (excludes halogenated alkanes) is 6. The molecule has 0 aliphatic rings. The highest BCUT2D eigenvalue weighted by molar-refractivity contribution is 5.56. The molecular weight excluding hydrogens is 182 g/mol. The van der Waals surface area contributed by atoms with Gasteiger partial charge in [-0.1, -0.05) is 59.8 Å². The SMILES string of the molecule is CCCCCCCCC=NCC(C)(C)C. The Morgan fingerprint density at radius 3 is 2.13 bits per heavy atom. The molecule has 0 amide bonds. The maximum absolute atomic E-state index is 4.45. The molecule has 0 aromatic rings. The minimum atomic E-state index is 0.345. The topological polar surface area (TPSA) is 12.4 Å². The predicted molar refractivity (Wildman–Crippen MR) is 70.8 cm³/mol. The van der Waals surface area contributed by atoms with E-state index in [2.05, 4.69) is 38.9 Å². The monoisotopic (exact) mass is 211 g/mol. The summed E-state index contributed by atoms with van der Waals surface area (Å²) in [6, 6.07) is 0. The first-order valence-corrected chi connectivity index (χ1v) is 6.54. The van der Waals surface area contributed by atoms with Gasteiger partial charge < -0.3 is 0 Å². The van der Waals surface area contributed by atoms with Crippen molar-refractivity contribution in [3.05, 3.63) is 0 Å². The maximum atomic E-state index is 4.45. The summed E-state index contributed by atoms with van der Waals surface area (Å²) >= 11 is 0. The molecule has 0 aliphatic carbocycles. The van der Waals surface area contributed by atoms with Crippen molar-refractivity contribution in [1.29, 1.82) is 0 Å². The Labute approximate surface area is 96.4 Å². The number of rotatable bonds is 8. The number of hydrogen-bond acceptors (Lipinski definition) is 1. The smallest absolute Gasteiger partial charge is 0.0433 e. The molecule has 0 N–H and O–H groups in total. The van der Waals surface area contributed by atoms with E-state index < -0.39 is 0 Å². The third kappa shape index (κ3) is 13.7. The average molecular weight is 211 g/mol. The zero-order valence-electron chi connectivity index (χ0n) is 11.2. The van der Waals surface area contributed by atoms with Crippen LogP contribution in [0.3, 0.4) is 0 Å². The molecular formula is C14H29N. The van der Waals surface area contributed by atoms with Crippen LogP contribution in [0.2, 0.25) is 0 Å². The van der Waals surface area contributed by atoms with Crippen LogP contribution in [0.5, 0.6) is 0 Å². The predicted octanol–water partition coefficient (Wildman–Crippen LogP) is 4.85. The highest BCUT2D eigenvalue weighted by atomic mass is 14.7.